The SMILES string of the molecule is CC(CNC(=O)CSc1nnnn1C1CC1)CN1CCCC1. The van der Waals surface area contributed by atoms with Crippen LogP contribution in [-0.4, -0.2) is 62.9 Å². The lowest BCUT2D eigenvalue weighted by atomic mass is 10.1. The number of carbonyl (C=O) groups is 1. The minimum Gasteiger partial charge on any atom is -0.355 e. The molecule has 1 unspecified atom stereocenters. The average Bonchev–Trinajstić information content (AvgIpc) is 3.02. The van der Waals surface area contributed by atoms with E-state index in [1.165, 1.54) is 37.7 Å². The molecule has 0 bridgehead atoms. The second kappa shape index (κ2) is 7.41. The van der Waals surface area contributed by atoms with E-state index < -0.39 is 0 Å². The number of carbonyl (C=O) groups excluding carboxylic acids is 1. The van der Waals surface area contributed by atoms with Crippen LogP contribution in [0.5, 0.6) is 0 Å². The lowest BCUT2D eigenvalue weighted by Crippen LogP contribution is -2.35. The highest BCUT2D eigenvalue weighted by atomic mass is 32.2. The van der Waals surface area contributed by atoms with E-state index in [0.29, 0.717) is 17.7 Å². The van der Waals surface area contributed by atoms with E-state index >= 15 is 0 Å². The molecule has 0 spiro atoms. The number of tetrazole rings is 1. The van der Waals surface area contributed by atoms with Gasteiger partial charge in [0.1, 0.15) is 0 Å². The lowest BCUT2D eigenvalue weighted by Gasteiger charge is -2.20. The fourth-order valence-corrected chi connectivity index (χ4v) is 3.54. The largest absolute Gasteiger partial charge is 0.355 e. The molecule has 1 N–H and O–H groups in total. The van der Waals surface area contributed by atoms with Gasteiger partial charge in [-0.3, -0.25) is 4.79 Å². The molecule has 1 amide bonds. The number of aromatic nitrogens is 4. The van der Waals surface area contributed by atoms with E-state index in [1.54, 1.807) is 0 Å². The van der Waals surface area contributed by atoms with E-state index in [4.69, 9.17) is 0 Å². The number of thioether (sulfide) groups is 1. The topological polar surface area (TPSA) is 75.9 Å². The van der Waals surface area contributed by atoms with Gasteiger partial charge in [0, 0.05) is 13.1 Å². The molecule has 2 heterocycles. The summed E-state index contributed by atoms with van der Waals surface area (Å²) in [6, 6.07) is 0.445. The van der Waals surface area contributed by atoms with Gasteiger partial charge in [0.15, 0.2) is 0 Å². The third kappa shape index (κ3) is 4.42. The lowest BCUT2D eigenvalue weighted by molar-refractivity contribution is -0.118. The van der Waals surface area contributed by atoms with E-state index in [0.717, 1.165) is 31.1 Å². The number of hydrogen-bond donors (Lipinski definition) is 1. The van der Waals surface area contributed by atoms with Gasteiger partial charge < -0.3 is 10.2 Å². The molecule has 1 saturated carbocycles. The summed E-state index contributed by atoms with van der Waals surface area (Å²) < 4.78 is 1.84. The molecule has 8 heteroatoms. The maximum absolute atomic E-state index is 12.0. The molecule has 2 aliphatic rings. The minimum absolute atomic E-state index is 0.0589. The molecular weight excluding hydrogens is 300 g/mol. The number of nitrogens with zero attached hydrogens (tertiary/aromatic N) is 5. The van der Waals surface area contributed by atoms with E-state index in [9.17, 15) is 4.79 Å². The summed E-state index contributed by atoms with van der Waals surface area (Å²) in [7, 11) is 0. The highest BCUT2D eigenvalue weighted by Crippen LogP contribution is 2.36. The van der Waals surface area contributed by atoms with Crippen LogP contribution in [0.3, 0.4) is 0 Å². The second-order valence-electron chi connectivity index (χ2n) is 6.34. The molecule has 122 valence electrons. The minimum atomic E-state index is 0.0589. The van der Waals surface area contributed by atoms with Gasteiger partial charge in [-0.1, -0.05) is 18.7 Å². The van der Waals surface area contributed by atoms with Crippen LogP contribution in [0.4, 0.5) is 0 Å². The van der Waals surface area contributed by atoms with Gasteiger partial charge in [0.05, 0.1) is 11.8 Å². The normalized spacial score (nSPS) is 20.2. The van der Waals surface area contributed by atoms with E-state index in [2.05, 4.69) is 32.7 Å². The maximum atomic E-state index is 12.0. The Bertz CT molecular complexity index is 497. The van der Waals surface area contributed by atoms with Crippen molar-refractivity contribution in [1.29, 1.82) is 0 Å². The van der Waals surface area contributed by atoms with Crippen molar-refractivity contribution in [1.82, 2.24) is 30.4 Å². The predicted octanol–water partition coefficient (Wildman–Crippen LogP) is 0.948. The number of nitrogens with one attached hydrogen (secondary N) is 1. The molecule has 1 aromatic heterocycles. The van der Waals surface area contributed by atoms with Crippen LogP contribution < -0.4 is 5.32 Å². The van der Waals surface area contributed by atoms with Crippen LogP contribution >= 0.6 is 11.8 Å². The van der Waals surface area contributed by atoms with Gasteiger partial charge >= 0.3 is 0 Å². The number of amides is 1. The Labute approximate surface area is 135 Å². The summed E-state index contributed by atoms with van der Waals surface area (Å²) in [4.78, 5) is 14.4. The molecule has 2 fully saturated rings. The average molecular weight is 324 g/mol. The van der Waals surface area contributed by atoms with Gasteiger partial charge in [0.25, 0.3) is 0 Å². The Morgan fingerprint density at radius 3 is 2.91 bits per heavy atom. The first kappa shape index (κ1) is 15.7. The first-order valence-electron chi connectivity index (χ1n) is 8.12. The third-order valence-corrected chi connectivity index (χ3v) is 5.04. The number of rotatable bonds is 8. The molecule has 0 radical (unpaired) electrons. The Kier molecular flexibility index (Phi) is 5.30. The van der Waals surface area contributed by atoms with Crippen molar-refractivity contribution in [3.8, 4) is 0 Å². The quantitative estimate of drug-likeness (QED) is 0.718. The Hall–Kier alpha value is -1.15. The van der Waals surface area contributed by atoms with Crippen molar-refractivity contribution < 1.29 is 4.79 Å². The molecule has 3 rings (SSSR count). The molecule has 1 atom stereocenters. The maximum Gasteiger partial charge on any atom is 0.230 e. The van der Waals surface area contributed by atoms with Crippen LogP contribution in [0.1, 0.15) is 38.6 Å². The smallest absolute Gasteiger partial charge is 0.230 e. The summed E-state index contributed by atoms with van der Waals surface area (Å²) >= 11 is 1.42. The second-order valence-corrected chi connectivity index (χ2v) is 7.29. The van der Waals surface area contributed by atoms with Crippen LogP contribution in [0, 0.1) is 5.92 Å². The summed E-state index contributed by atoms with van der Waals surface area (Å²) in [5.41, 5.74) is 0. The molecule has 1 aliphatic heterocycles. The molecule has 1 saturated heterocycles. The zero-order valence-corrected chi connectivity index (χ0v) is 13.9. The third-order valence-electron chi connectivity index (χ3n) is 4.10. The Balaban J connectivity index is 1.34. The zero-order chi connectivity index (χ0) is 15.4. The van der Waals surface area contributed by atoms with Crippen molar-refractivity contribution in [2.24, 2.45) is 5.92 Å². The molecule has 7 nitrogen and oxygen atoms in total. The highest BCUT2D eigenvalue weighted by molar-refractivity contribution is 7.99. The van der Waals surface area contributed by atoms with E-state index in [1.807, 2.05) is 4.68 Å². The van der Waals surface area contributed by atoms with Gasteiger partial charge in [0.2, 0.25) is 11.1 Å². The van der Waals surface area contributed by atoms with Gasteiger partial charge in [-0.25, -0.2) is 4.68 Å². The molecule has 22 heavy (non-hydrogen) atoms. The zero-order valence-electron chi connectivity index (χ0n) is 13.1. The summed E-state index contributed by atoms with van der Waals surface area (Å²) in [5, 5.41) is 15.4. The van der Waals surface area contributed by atoms with Crippen molar-refractivity contribution in [3.05, 3.63) is 0 Å². The van der Waals surface area contributed by atoms with Crippen LogP contribution in [0.25, 0.3) is 0 Å². The van der Waals surface area contributed by atoms with Crippen LogP contribution in [0.2, 0.25) is 0 Å². The monoisotopic (exact) mass is 324 g/mol. The van der Waals surface area contributed by atoms with Gasteiger partial charge in [-0.15, -0.1) is 5.10 Å². The molecule has 0 aromatic carbocycles. The first-order chi connectivity index (χ1) is 10.7. The Morgan fingerprint density at radius 2 is 2.18 bits per heavy atom. The van der Waals surface area contributed by atoms with Crippen LogP contribution in [0.15, 0.2) is 5.16 Å². The summed E-state index contributed by atoms with van der Waals surface area (Å²) in [5.74, 6) is 0.927. The fraction of sp³-hybridized carbons (Fsp3) is 0.857. The Morgan fingerprint density at radius 1 is 1.41 bits per heavy atom. The molecular formula is C14H24N6OS. The van der Waals surface area contributed by atoms with Crippen LogP contribution in [-0.2, 0) is 4.79 Å². The van der Waals surface area contributed by atoms with Crippen molar-refractivity contribution in [2.45, 2.75) is 43.8 Å². The molecule has 1 aliphatic carbocycles. The summed E-state index contributed by atoms with van der Waals surface area (Å²) in [6.45, 7) is 6.42. The summed E-state index contributed by atoms with van der Waals surface area (Å²) in [6.07, 6.45) is 4.90. The fourth-order valence-electron chi connectivity index (χ4n) is 2.77. The van der Waals surface area contributed by atoms with Crippen molar-refractivity contribution >= 4 is 17.7 Å². The standard InChI is InChI=1S/C14H24N6OS/c1-11(9-19-6-2-3-7-19)8-15-13(21)10-22-14-16-17-18-20(14)12-4-5-12/h11-12H,2-10H2,1H3,(H,15,21). The molecule has 1 aromatic rings. The van der Waals surface area contributed by atoms with Crippen molar-refractivity contribution in [2.75, 3.05) is 31.9 Å². The van der Waals surface area contributed by atoms with Crippen molar-refractivity contribution in [3.63, 3.8) is 0 Å². The number of hydrogen-bond acceptors (Lipinski definition) is 6. The van der Waals surface area contributed by atoms with Gasteiger partial charge in [-0.05, 0) is 55.1 Å². The van der Waals surface area contributed by atoms with Gasteiger partial charge in [-0.2, -0.15) is 0 Å². The highest BCUT2D eigenvalue weighted by Gasteiger charge is 2.28. The van der Waals surface area contributed by atoms with E-state index in [-0.39, 0.29) is 5.91 Å². The number of likely N-dealkylation sites (tertiary alicyclic amines) is 1. The predicted molar refractivity (Wildman–Crippen MR) is 84.7 cm³/mol. The first-order valence-corrected chi connectivity index (χ1v) is 9.10.